The Morgan fingerprint density at radius 3 is 2.68 bits per heavy atom. The van der Waals surface area contributed by atoms with E-state index in [9.17, 15) is 13.2 Å². The van der Waals surface area contributed by atoms with Gasteiger partial charge in [-0.15, -0.1) is 0 Å². The summed E-state index contributed by atoms with van der Waals surface area (Å²) in [5.41, 5.74) is 0. The normalized spacial score (nSPS) is 25.8. The number of carbonyl (C=O) groups excluding carboxylic acids is 1. The standard InChI is InChI=1S/C13H25NO4S/c1-4-18-13(15)11-6-5-7-12(8-11)14-10(2)9-19(3,16)17/h10-12,14H,4-9H2,1-3H3. The van der Waals surface area contributed by atoms with Crippen molar-refractivity contribution in [3.05, 3.63) is 0 Å². The molecule has 19 heavy (non-hydrogen) atoms. The second kappa shape index (κ2) is 7.24. The van der Waals surface area contributed by atoms with Crippen molar-refractivity contribution in [1.82, 2.24) is 5.32 Å². The van der Waals surface area contributed by atoms with Gasteiger partial charge in [0.15, 0.2) is 0 Å². The molecular formula is C13H25NO4S. The van der Waals surface area contributed by atoms with Crippen LogP contribution < -0.4 is 5.32 Å². The Morgan fingerprint density at radius 1 is 1.42 bits per heavy atom. The molecule has 0 aromatic rings. The molecule has 0 aliphatic heterocycles. The van der Waals surface area contributed by atoms with E-state index in [2.05, 4.69) is 5.32 Å². The van der Waals surface area contributed by atoms with Crippen molar-refractivity contribution in [2.75, 3.05) is 18.6 Å². The van der Waals surface area contributed by atoms with Crippen molar-refractivity contribution in [2.45, 2.75) is 51.6 Å². The van der Waals surface area contributed by atoms with E-state index in [1.807, 2.05) is 13.8 Å². The van der Waals surface area contributed by atoms with Gasteiger partial charge in [0.2, 0.25) is 0 Å². The number of rotatable bonds is 6. The molecule has 1 saturated carbocycles. The molecule has 5 nitrogen and oxygen atoms in total. The van der Waals surface area contributed by atoms with Crippen LogP contribution in [0.25, 0.3) is 0 Å². The summed E-state index contributed by atoms with van der Waals surface area (Å²) in [6, 6.07) is 0.126. The predicted molar refractivity (Wildman–Crippen MR) is 74.7 cm³/mol. The molecule has 1 aliphatic carbocycles. The third-order valence-electron chi connectivity index (χ3n) is 3.37. The van der Waals surface area contributed by atoms with Crippen LogP contribution >= 0.6 is 0 Å². The molecule has 0 radical (unpaired) electrons. The van der Waals surface area contributed by atoms with E-state index in [4.69, 9.17) is 4.74 Å². The van der Waals surface area contributed by atoms with Crippen molar-refractivity contribution in [2.24, 2.45) is 5.92 Å². The highest BCUT2D eigenvalue weighted by Gasteiger charge is 2.29. The number of hydrogen-bond acceptors (Lipinski definition) is 5. The first-order valence-electron chi connectivity index (χ1n) is 6.92. The van der Waals surface area contributed by atoms with Crippen LogP contribution in [-0.2, 0) is 19.4 Å². The Hall–Kier alpha value is -0.620. The van der Waals surface area contributed by atoms with E-state index >= 15 is 0 Å². The highest BCUT2D eigenvalue weighted by molar-refractivity contribution is 7.90. The molecule has 3 unspecified atom stereocenters. The minimum absolute atomic E-state index is 0.0448. The highest BCUT2D eigenvalue weighted by atomic mass is 32.2. The molecule has 112 valence electrons. The third kappa shape index (κ3) is 6.38. The second-order valence-electron chi connectivity index (χ2n) is 5.47. The van der Waals surface area contributed by atoms with Gasteiger partial charge < -0.3 is 10.1 Å². The molecule has 0 spiro atoms. The monoisotopic (exact) mass is 291 g/mol. The summed E-state index contributed by atoms with van der Waals surface area (Å²) in [5.74, 6) is -0.0329. The van der Waals surface area contributed by atoms with Crippen LogP contribution in [0.3, 0.4) is 0 Å². The lowest BCUT2D eigenvalue weighted by molar-refractivity contribution is -0.149. The molecule has 1 fully saturated rings. The summed E-state index contributed by atoms with van der Waals surface area (Å²) in [6.45, 7) is 4.09. The summed E-state index contributed by atoms with van der Waals surface area (Å²) >= 11 is 0. The summed E-state index contributed by atoms with van der Waals surface area (Å²) in [5, 5.41) is 3.32. The van der Waals surface area contributed by atoms with Crippen LogP contribution in [0.4, 0.5) is 0 Å². The maximum absolute atomic E-state index is 11.7. The third-order valence-corrected chi connectivity index (χ3v) is 4.47. The van der Waals surface area contributed by atoms with Crippen LogP contribution in [0.2, 0.25) is 0 Å². The molecule has 1 rings (SSSR count). The van der Waals surface area contributed by atoms with Crippen LogP contribution in [-0.4, -0.2) is 45.1 Å². The van der Waals surface area contributed by atoms with Crippen LogP contribution in [0.15, 0.2) is 0 Å². The van der Waals surface area contributed by atoms with Gasteiger partial charge in [0.25, 0.3) is 0 Å². The minimum atomic E-state index is -2.97. The number of hydrogen-bond donors (Lipinski definition) is 1. The lowest BCUT2D eigenvalue weighted by atomic mass is 9.85. The van der Waals surface area contributed by atoms with Crippen molar-refractivity contribution < 1.29 is 17.9 Å². The number of ether oxygens (including phenoxy) is 1. The zero-order valence-corrected chi connectivity index (χ0v) is 12.8. The van der Waals surface area contributed by atoms with Gasteiger partial charge in [-0.1, -0.05) is 6.42 Å². The molecular weight excluding hydrogens is 266 g/mol. The summed E-state index contributed by atoms with van der Waals surface area (Å²) < 4.78 is 27.5. The first-order valence-corrected chi connectivity index (χ1v) is 8.98. The van der Waals surface area contributed by atoms with E-state index in [0.717, 1.165) is 25.7 Å². The van der Waals surface area contributed by atoms with Crippen molar-refractivity contribution >= 4 is 15.8 Å². The van der Waals surface area contributed by atoms with E-state index in [-0.39, 0.29) is 29.7 Å². The molecule has 1 aliphatic rings. The van der Waals surface area contributed by atoms with Gasteiger partial charge in [-0.25, -0.2) is 8.42 Å². The van der Waals surface area contributed by atoms with E-state index in [1.165, 1.54) is 6.26 Å². The van der Waals surface area contributed by atoms with Gasteiger partial charge in [0.1, 0.15) is 9.84 Å². The largest absolute Gasteiger partial charge is 0.466 e. The Bertz CT molecular complexity index is 393. The number of nitrogens with one attached hydrogen (secondary N) is 1. The summed E-state index contributed by atoms with van der Waals surface area (Å²) in [4.78, 5) is 11.7. The minimum Gasteiger partial charge on any atom is -0.466 e. The van der Waals surface area contributed by atoms with Crippen LogP contribution in [0, 0.1) is 5.92 Å². The topological polar surface area (TPSA) is 72.5 Å². The molecule has 6 heteroatoms. The fourth-order valence-electron chi connectivity index (χ4n) is 2.72. The summed E-state index contributed by atoms with van der Waals surface area (Å²) in [7, 11) is -2.97. The molecule has 0 aromatic carbocycles. The number of sulfone groups is 1. The van der Waals surface area contributed by atoms with Gasteiger partial charge in [-0.2, -0.15) is 0 Å². The molecule has 0 amide bonds. The molecule has 0 bridgehead atoms. The van der Waals surface area contributed by atoms with Gasteiger partial charge in [0.05, 0.1) is 18.3 Å². The second-order valence-corrected chi connectivity index (χ2v) is 7.66. The fraction of sp³-hybridized carbons (Fsp3) is 0.923. The van der Waals surface area contributed by atoms with E-state index in [1.54, 1.807) is 0 Å². The average molecular weight is 291 g/mol. The zero-order valence-electron chi connectivity index (χ0n) is 12.0. The lowest BCUT2D eigenvalue weighted by Crippen LogP contribution is -2.43. The van der Waals surface area contributed by atoms with Crippen molar-refractivity contribution in [3.63, 3.8) is 0 Å². The summed E-state index contributed by atoms with van der Waals surface area (Å²) in [6.07, 6.45) is 4.83. The highest BCUT2D eigenvalue weighted by Crippen LogP contribution is 2.25. The predicted octanol–water partition coefficient (Wildman–Crippen LogP) is 1.13. The van der Waals surface area contributed by atoms with E-state index in [0.29, 0.717) is 6.61 Å². The quantitative estimate of drug-likeness (QED) is 0.743. The fourth-order valence-corrected chi connectivity index (χ4v) is 3.72. The van der Waals surface area contributed by atoms with Crippen LogP contribution in [0.1, 0.15) is 39.5 Å². The van der Waals surface area contributed by atoms with Crippen molar-refractivity contribution in [1.29, 1.82) is 0 Å². The lowest BCUT2D eigenvalue weighted by Gasteiger charge is -2.30. The SMILES string of the molecule is CCOC(=O)C1CCCC(NC(C)CS(C)(=O)=O)C1. The Balaban J connectivity index is 2.44. The zero-order chi connectivity index (χ0) is 14.5. The van der Waals surface area contributed by atoms with Gasteiger partial charge in [0, 0.05) is 18.3 Å². The number of esters is 1. The van der Waals surface area contributed by atoms with Gasteiger partial charge >= 0.3 is 5.97 Å². The van der Waals surface area contributed by atoms with Gasteiger partial charge in [-0.05, 0) is 33.1 Å². The molecule has 1 N–H and O–H groups in total. The Morgan fingerprint density at radius 2 is 2.11 bits per heavy atom. The maximum Gasteiger partial charge on any atom is 0.308 e. The maximum atomic E-state index is 11.7. The van der Waals surface area contributed by atoms with Crippen molar-refractivity contribution in [3.8, 4) is 0 Å². The molecule has 0 saturated heterocycles. The van der Waals surface area contributed by atoms with E-state index < -0.39 is 9.84 Å². The Labute approximate surface area is 116 Å². The van der Waals surface area contributed by atoms with Gasteiger partial charge in [-0.3, -0.25) is 4.79 Å². The molecule has 0 aromatic heterocycles. The Kier molecular flexibility index (Phi) is 6.26. The van der Waals surface area contributed by atoms with Crippen LogP contribution in [0.5, 0.6) is 0 Å². The first kappa shape index (κ1) is 16.4. The average Bonchev–Trinajstić information content (AvgIpc) is 2.27. The molecule has 3 atom stereocenters. The number of carbonyl (C=O) groups is 1. The molecule has 0 heterocycles. The first-order chi connectivity index (χ1) is 8.81. The smallest absolute Gasteiger partial charge is 0.308 e.